The molecule has 0 N–H and O–H groups in total. The van der Waals surface area contributed by atoms with Gasteiger partial charge in [-0.3, -0.25) is 0 Å². The summed E-state index contributed by atoms with van der Waals surface area (Å²) >= 11 is 0. The molecule has 1 rings (SSSR count). The molecule has 14 heavy (non-hydrogen) atoms. The lowest BCUT2D eigenvalue weighted by Gasteiger charge is -2.37. The van der Waals surface area contributed by atoms with Gasteiger partial charge in [0.05, 0.1) is 7.11 Å². The van der Waals surface area contributed by atoms with Crippen LogP contribution >= 0.6 is 0 Å². The van der Waals surface area contributed by atoms with Crippen LogP contribution in [0.5, 0.6) is 0 Å². The van der Waals surface area contributed by atoms with Gasteiger partial charge in [0, 0.05) is 6.42 Å². The standard InChI is InChI=1S/C11H18O3/c1-8-5-6-11(3,9(2)7-8)14-10(12)13-4/h5,9H,6-7H2,1-4H3. The first-order valence-electron chi connectivity index (χ1n) is 4.90. The average Bonchev–Trinajstić information content (AvgIpc) is 2.12. The molecule has 2 unspecified atom stereocenters. The monoisotopic (exact) mass is 198 g/mol. The van der Waals surface area contributed by atoms with E-state index in [1.807, 2.05) is 6.92 Å². The summed E-state index contributed by atoms with van der Waals surface area (Å²) < 4.78 is 9.79. The van der Waals surface area contributed by atoms with Crippen LogP contribution in [0.2, 0.25) is 0 Å². The van der Waals surface area contributed by atoms with Crippen molar-refractivity contribution in [2.75, 3.05) is 7.11 Å². The van der Waals surface area contributed by atoms with Gasteiger partial charge in [-0.05, 0) is 26.2 Å². The highest BCUT2D eigenvalue weighted by molar-refractivity contribution is 5.60. The van der Waals surface area contributed by atoms with Crippen LogP contribution in [0.15, 0.2) is 11.6 Å². The molecule has 3 heteroatoms. The van der Waals surface area contributed by atoms with Gasteiger partial charge in [-0.2, -0.15) is 0 Å². The first-order chi connectivity index (χ1) is 6.48. The first-order valence-corrected chi connectivity index (χ1v) is 4.90. The van der Waals surface area contributed by atoms with E-state index in [1.165, 1.54) is 12.7 Å². The third kappa shape index (κ3) is 2.28. The Morgan fingerprint density at radius 1 is 1.64 bits per heavy atom. The molecule has 0 aromatic rings. The van der Waals surface area contributed by atoms with Crippen molar-refractivity contribution in [1.29, 1.82) is 0 Å². The second kappa shape index (κ2) is 4.03. The van der Waals surface area contributed by atoms with Crippen molar-refractivity contribution < 1.29 is 14.3 Å². The number of carbonyl (C=O) groups excluding carboxylic acids is 1. The minimum atomic E-state index is -0.590. The highest BCUT2D eigenvalue weighted by atomic mass is 16.7. The van der Waals surface area contributed by atoms with E-state index in [-0.39, 0.29) is 0 Å². The number of allylic oxidation sites excluding steroid dienone is 1. The molecule has 0 aliphatic heterocycles. The van der Waals surface area contributed by atoms with E-state index in [2.05, 4.69) is 24.7 Å². The Hall–Kier alpha value is -0.990. The van der Waals surface area contributed by atoms with Crippen molar-refractivity contribution in [1.82, 2.24) is 0 Å². The molecule has 0 radical (unpaired) electrons. The Kier molecular flexibility index (Phi) is 3.19. The molecular weight excluding hydrogens is 180 g/mol. The highest BCUT2D eigenvalue weighted by Crippen LogP contribution is 2.35. The summed E-state index contributed by atoms with van der Waals surface area (Å²) in [5.41, 5.74) is 0.954. The van der Waals surface area contributed by atoms with Crippen LogP contribution in [0.1, 0.15) is 33.6 Å². The third-order valence-corrected chi connectivity index (χ3v) is 3.01. The Labute approximate surface area is 85.1 Å². The van der Waals surface area contributed by atoms with E-state index in [4.69, 9.17) is 4.74 Å². The van der Waals surface area contributed by atoms with Crippen LogP contribution in [0.25, 0.3) is 0 Å². The first kappa shape index (κ1) is 11.1. The van der Waals surface area contributed by atoms with Crippen molar-refractivity contribution in [3.63, 3.8) is 0 Å². The van der Waals surface area contributed by atoms with Crippen molar-refractivity contribution in [3.05, 3.63) is 11.6 Å². The van der Waals surface area contributed by atoms with Gasteiger partial charge in [-0.25, -0.2) is 4.79 Å². The van der Waals surface area contributed by atoms with E-state index in [0.29, 0.717) is 5.92 Å². The molecule has 1 aliphatic rings. The van der Waals surface area contributed by atoms with Crippen LogP contribution in [0, 0.1) is 5.92 Å². The molecule has 0 saturated heterocycles. The number of ether oxygens (including phenoxy) is 2. The van der Waals surface area contributed by atoms with Crippen LogP contribution in [0.4, 0.5) is 4.79 Å². The van der Waals surface area contributed by atoms with Crippen molar-refractivity contribution >= 4 is 6.16 Å². The van der Waals surface area contributed by atoms with Gasteiger partial charge in [0.25, 0.3) is 0 Å². The van der Waals surface area contributed by atoms with Crippen LogP contribution < -0.4 is 0 Å². The summed E-state index contributed by atoms with van der Waals surface area (Å²) in [5.74, 6) is 0.339. The molecule has 2 atom stereocenters. The van der Waals surface area contributed by atoms with E-state index in [9.17, 15) is 4.79 Å². The van der Waals surface area contributed by atoms with Gasteiger partial charge in [0.2, 0.25) is 0 Å². The molecule has 0 aromatic heterocycles. The quantitative estimate of drug-likeness (QED) is 0.480. The second-order valence-electron chi connectivity index (χ2n) is 4.23. The normalized spacial score (nSPS) is 32.0. The van der Waals surface area contributed by atoms with Crippen molar-refractivity contribution in [2.45, 2.75) is 39.2 Å². The lowest BCUT2D eigenvalue weighted by atomic mass is 9.78. The van der Waals surface area contributed by atoms with Gasteiger partial charge in [0.15, 0.2) is 0 Å². The molecule has 1 aliphatic carbocycles. The van der Waals surface area contributed by atoms with E-state index in [1.54, 1.807) is 0 Å². The maximum atomic E-state index is 11.0. The second-order valence-corrected chi connectivity index (χ2v) is 4.23. The molecule has 0 bridgehead atoms. The van der Waals surface area contributed by atoms with Crippen LogP contribution in [0.3, 0.4) is 0 Å². The summed E-state index contributed by atoms with van der Waals surface area (Å²) in [4.78, 5) is 11.0. The summed E-state index contributed by atoms with van der Waals surface area (Å²) in [6, 6.07) is 0. The smallest absolute Gasteiger partial charge is 0.438 e. The summed E-state index contributed by atoms with van der Waals surface area (Å²) in [7, 11) is 1.33. The largest absolute Gasteiger partial charge is 0.508 e. The number of carbonyl (C=O) groups is 1. The maximum Gasteiger partial charge on any atom is 0.508 e. The summed E-state index contributed by atoms with van der Waals surface area (Å²) in [6.07, 6.45) is 3.29. The lowest BCUT2D eigenvalue weighted by Crippen LogP contribution is -2.40. The zero-order chi connectivity index (χ0) is 10.8. The Morgan fingerprint density at radius 2 is 2.29 bits per heavy atom. The fraction of sp³-hybridized carbons (Fsp3) is 0.727. The van der Waals surface area contributed by atoms with Gasteiger partial charge >= 0.3 is 6.16 Å². The number of rotatable bonds is 1. The lowest BCUT2D eigenvalue weighted by molar-refractivity contribution is -0.0490. The van der Waals surface area contributed by atoms with Crippen LogP contribution in [-0.2, 0) is 9.47 Å². The van der Waals surface area contributed by atoms with Gasteiger partial charge in [-0.15, -0.1) is 0 Å². The molecule has 0 aromatic carbocycles. The number of methoxy groups -OCH3 is 1. The van der Waals surface area contributed by atoms with Crippen LogP contribution in [-0.4, -0.2) is 18.9 Å². The van der Waals surface area contributed by atoms with E-state index >= 15 is 0 Å². The van der Waals surface area contributed by atoms with Crippen molar-refractivity contribution in [3.8, 4) is 0 Å². The molecule has 0 amide bonds. The number of hydrogen-bond donors (Lipinski definition) is 0. The SMILES string of the molecule is COC(=O)OC1(C)CC=C(C)CC1C. The average molecular weight is 198 g/mol. The molecular formula is C11H18O3. The molecule has 0 fully saturated rings. The molecule has 0 spiro atoms. The van der Waals surface area contributed by atoms with E-state index in [0.717, 1.165) is 12.8 Å². The van der Waals surface area contributed by atoms with E-state index < -0.39 is 11.8 Å². The van der Waals surface area contributed by atoms with Gasteiger partial charge in [-0.1, -0.05) is 18.6 Å². The molecule has 0 saturated carbocycles. The molecule has 0 heterocycles. The zero-order valence-electron chi connectivity index (χ0n) is 9.29. The minimum Gasteiger partial charge on any atom is -0.438 e. The molecule has 3 nitrogen and oxygen atoms in total. The fourth-order valence-electron chi connectivity index (χ4n) is 1.73. The summed E-state index contributed by atoms with van der Waals surface area (Å²) in [6.45, 7) is 6.16. The number of hydrogen-bond acceptors (Lipinski definition) is 3. The highest BCUT2D eigenvalue weighted by Gasteiger charge is 2.37. The van der Waals surface area contributed by atoms with Crippen molar-refractivity contribution in [2.24, 2.45) is 5.92 Å². The summed E-state index contributed by atoms with van der Waals surface area (Å²) in [5, 5.41) is 0. The Bertz CT molecular complexity index is 257. The topological polar surface area (TPSA) is 35.5 Å². The molecule has 80 valence electrons. The van der Waals surface area contributed by atoms with Gasteiger partial charge in [0.1, 0.15) is 5.60 Å². The van der Waals surface area contributed by atoms with Gasteiger partial charge < -0.3 is 9.47 Å². The maximum absolute atomic E-state index is 11.0. The Balaban J connectivity index is 2.69. The predicted octanol–water partition coefficient (Wildman–Crippen LogP) is 2.90. The zero-order valence-corrected chi connectivity index (χ0v) is 9.29. The Morgan fingerprint density at radius 3 is 2.79 bits per heavy atom. The fourth-order valence-corrected chi connectivity index (χ4v) is 1.73. The predicted molar refractivity (Wildman–Crippen MR) is 54.1 cm³/mol. The minimum absolute atomic E-state index is 0.339. The third-order valence-electron chi connectivity index (χ3n) is 3.01.